The molecule has 1 aromatic rings. The number of nitrogen functional groups attached to an aromatic ring is 1. The first-order valence-electron chi connectivity index (χ1n) is 7.07. The molecule has 134 valence electrons. The maximum absolute atomic E-state index is 11.8. The van der Waals surface area contributed by atoms with Crippen LogP contribution in [0.25, 0.3) is 0 Å². The summed E-state index contributed by atoms with van der Waals surface area (Å²) in [5, 5.41) is 9.95. The summed E-state index contributed by atoms with van der Waals surface area (Å²) in [5.41, 5.74) is 3.35. The highest BCUT2D eigenvalue weighted by molar-refractivity contribution is 7.70. The van der Waals surface area contributed by atoms with E-state index in [4.69, 9.17) is 10.5 Å². The average molecular weight is 363 g/mol. The van der Waals surface area contributed by atoms with Gasteiger partial charge in [-0.2, -0.15) is 4.98 Å². The summed E-state index contributed by atoms with van der Waals surface area (Å²) in [6.45, 7) is 0.872. The van der Waals surface area contributed by atoms with Crippen LogP contribution in [0.15, 0.2) is 17.1 Å². The van der Waals surface area contributed by atoms with Gasteiger partial charge < -0.3 is 25.2 Å². The Morgan fingerprint density at radius 1 is 1.62 bits per heavy atom. The molecule has 0 aromatic carbocycles. The summed E-state index contributed by atoms with van der Waals surface area (Å²) in [5.74, 6) is 0.0466. The van der Waals surface area contributed by atoms with Crippen molar-refractivity contribution in [2.24, 2.45) is 0 Å². The van der Waals surface area contributed by atoms with E-state index in [1.54, 1.807) is 0 Å². The van der Waals surface area contributed by atoms with Crippen LogP contribution >= 0.6 is 7.60 Å². The van der Waals surface area contributed by atoms with Crippen molar-refractivity contribution >= 4 is 19.1 Å². The molecule has 0 bridgehead atoms. The molecule has 1 saturated heterocycles. The minimum absolute atomic E-state index is 0.0364. The van der Waals surface area contributed by atoms with E-state index in [0.29, 0.717) is 0 Å². The van der Waals surface area contributed by atoms with Crippen molar-refractivity contribution in [3.8, 4) is 0 Å². The fourth-order valence-corrected chi connectivity index (χ4v) is 2.86. The Kier molecular flexibility index (Phi) is 5.73. The van der Waals surface area contributed by atoms with E-state index in [1.165, 1.54) is 19.2 Å². The molecular formula is C12H18N3O8P. The summed E-state index contributed by atoms with van der Waals surface area (Å²) in [6.07, 6.45) is -1.51. The number of carbonyl (C=O) groups excluding carboxylic acids is 1. The summed E-state index contributed by atoms with van der Waals surface area (Å²) in [6, 6.07) is 1.39. The van der Waals surface area contributed by atoms with Crippen molar-refractivity contribution in [1.29, 1.82) is 0 Å². The SMILES string of the molecule is CCOC(=O)P(=O)(O)OC[C@H]1O[C@@H](n2ccc(N)nc2=O)C[C@@H]1O. The molecule has 0 radical (unpaired) electrons. The molecule has 0 amide bonds. The highest BCUT2D eigenvalue weighted by Crippen LogP contribution is 2.45. The Bertz CT molecular complexity index is 708. The van der Waals surface area contributed by atoms with Crippen molar-refractivity contribution in [3.05, 3.63) is 22.7 Å². The smallest absolute Gasteiger partial charge is 0.435 e. The first-order valence-corrected chi connectivity index (χ1v) is 8.65. The Labute approximate surface area is 136 Å². The fourth-order valence-electron chi connectivity index (χ4n) is 2.11. The van der Waals surface area contributed by atoms with Gasteiger partial charge in [0.25, 0.3) is 0 Å². The molecule has 1 aliphatic rings. The standard InChI is InChI=1S/C12H18N3O8P/c1-2-21-12(18)24(19,20)22-6-8-7(16)5-10(23-8)15-4-3-9(13)14-11(15)17/h3-4,7-8,10,16H,2,5-6H2,1H3,(H,19,20)(H2,13,14,17)/t7-,8+,10+/m0/s1. The number of rotatable bonds is 6. The third-order valence-electron chi connectivity index (χ3n) is 3.28. The maximum atomic E-state index is 11.8. The number of aromatic nitrogens is 2. The zero-order valence-electron chi connectivity index (χ0n) is 12.8. The number of nitrogens with zero attached hydrogens (tertiary/aromatic N) is 2. The third-order valence-corrected chi connectivity index (χ3v) is 4.37. The van der Waals surface area contributed by atoms with Gasteiger partial charge in [-0.25, -0.2) is 14.2 Å². The minimum atomic E-state index is -4.64. The largest absolute Gasteiger partial charge is 0.457 e. The lowest BCUT2D eigenvalue weighted by atomic mass is 10.2. The lowest BCUT2D eigenvalue weighted by molar-refractivity contribution is -0.0422. The van der Waals surface area contributed by atoms with Crippen molar-refractivity contribution in [3.63, 3.8) is 0 Å². The Balaban J connectivity index is 2.00. The Morgan fingerprint density at radius 3 is 2.96 bits per heavy atom. The number of nitrogens with two attached hydrogens (primary N) is 1. The van der Waals surface area contributed by atoms with Gasteiger partial charge in [0.1, 0.15) is 18.1 Å². The van der Waals surface area contributed by atoms with Gasteiger partial charge in [-0.1, -0.05) is 0 Å². The second kappa shape index (κ2) is 7.41. The zero-order chi connectivity index (χ0) is 17.9. The normalized spacial score (nSPS) is 26.0. The molecule has 1 fully saturated rings. The quantitative estimate of drug-likeness (QED) is 0.578. The molecule has 1 aromatic heterocycles. The van der Waals surface area contributed by atoms with E-state index in [-0.39, 0.29) is 18.8 Å². The number of anilines is 1. The molecule has 0 aliphatic carbocycles. The Hall–Kier alpha value is -1.78. The van der Waals surface area contributed by atoms with Gasteiger partial charge in [0, 0.05) is 12.6 Å². The molecule has 24 heavy (non-hydrogen) atoms. The third kappa shape index (κ3) is 4.19. The molecule has 4 N–H and O–H groups in total. The molecular weight excluding hydrogens is 345 g/mol. The molecule has 1 aliphatic heterocycles. The summed E-state index contributed by atoms with van der Waals surface area (Å²) in [4.78, 5) is 36.0. The van der Waals surface area contributed by atoms with Crippen molar-refractivity contribution < 1.29 is 33.4 Å². The maximum Gasteiger partial charge on any atom is 0.435 e. The van der Waals surface area contributed by atoms with Crippen LogP contribution in [0.2, 0.25) is 0 Å². The molecule has 11 nitrogen and oxygen atoms in total. The van der Waals surface area contributed by atoms with Crippen molar-refractivity contribution in [2.75, 3.05) is 18.9 Å². The highest BCUT2D eigenvalue weighted by atomic mass is 31.2. The molecule has 0 saturated carbocycles. The number of carbonyl (C=O) groups is 1. The summed E-state index contributed by atoms with van der Waals surface area (Å²) < 4.78 is 27.3. The molecule has 0 spiro atoms. The lowest BCUT2D eigenvalue weighted by Gasteiger charge is -2.17. The number of ether oxygens (including phenoxy) is 2. The van der Waals surface area contributed by atoms with E-state index in [2.05, 4.69) is 14.2 Å². The van der Waals surface area contributed by atoms with Crippen LogP contribution in [0.5, 0.6) is 0 Å². The topological polar surface area (TPSA) is 163 Å². The first kappa shape index (κ1) is 18.6. The zero-order valence-corrected chi connectivity index (χ0v) is 13.7. The first-order chi connectivity index (χ1) is 11.2. The molecule has 12 heteroatoms. The highest BCUT2D eigenvalue weighted by Gasteiger charge is 2.39. The van der Waals surface area contributed by atoms with Crippen LogP contribution in [0, 0.1) is 0 Å². The number of hydrogen-bond donors (Lipinski definition) is 3. The molecule has 4 atom stereocenters. The van der Waals surface area contributed by atoms with Crippen LogP contribution in [-0.2, 0) is 18.6 Å². The summed E-state index contributed by atoms with van der Waals surface area (Å²) in [7, 11) is -4.64. The second-order valence-corrected chi connectivity index (χ2v) is 6.65. The van der Waals surface area contributed by atoms with Crippen LogP contribution in [0.1, 0.15) is 19.6 Å². The summed E-state index contributed by atoms with van der Waals surface area (Å²) >= 11 is 0. The van der Waals surface area contributed by atoms with Crippen LogP contribution in [0.4, 0.5) is 10.6 Å². The Morgan fingerprint density at radius 2 is 2.33 bits per heavy atom. The van der Waals surface area contributed by atoms with E-state index < -0.39 is 44.0 Å². The fraction of sp³-hybridized carbons (Fsp3) is 0.583. The van der Waals surface area contributed by atoms with Crippen molar-refractivity contribution in [2.45, 2.75) is 31.8 Å². The average Bonchev–Trinajstić information content (AvgIpc) is 2.86. The van der Waals surface area contributed by atoms with Gasteiger partial charge in [0.15, 0.2) is 0 Å². The van der Waals surface area contributed by atoms with Gasteiger partial charge in [0.2, 0.25) is 0 Å². The van der Waals surface area contributed by atoms with Crippen molar-refractivity contribution in [1.82, 2.24) is 9.55 Å². The van der Waals surface area contributed by atoms with E-state index in [9.17, 15) is 24.2 Å². The van der Waals surface area contributed by atoms with Crippen LogP contribution < -0.4 is 11.4 Å². The van der Waals surface area contributed by atoms with Gasteiger partial charge >= 0.3 is 19.0 Å². The molecule has 1 unspecified atom stereocenters. The monoisotopic (exact) mass is 363 g/mol. The van der Waals surface area contributed by atoms with Gasteiger partial charge in [0.05, 0.1) is 19.3 Å². The van der Waals surface area contributed by atoms with Gasteiger partial charge in [-0.3, -0.25) is 9.09 Å². The number of aliphatic hydroxyl groups excluding tert-OH is 1. The minimum Gasteiger partial charge on any atom is -0.457 e. The van der Waals surface area contributed by atoms with Gasteiger partial charge in [-0.05, 0) is 13.0 Å². The van der Waals surface area contributed by atoms with Crippen LogP contribution in [-0.4, -0.2) is 50.7 Å². The number of aliphatic hydroxyl groups is 1. The van der Waals surface area contributed by atoms with Gasteiger partial charge in [-0.15, -0.1) is 0 Å². The second-order valence-electron chi connectivity index (χ2n) is 4.99. The van der Waals surface area contributed by atoms with E-state index in [0.717, 1.165) is 4.57 Å². The molecule has 2 rings (SSSR count). The van der Waals surface area contributed by atoms with E-state index >= 15 is 0 Å². The molecule has 2 heterocycles. The van der Waals surface area contributed by atoms with E-state index in [1.807, 2.05) is 0 Å². The lowest BCUT2D eigenvalue weighted by Crippen LogP contribution is -2.28. The predicted molar refractivity (Wildman–Crippen MR) is 80.2 cm³/mol. The number of hydrogen-bond acceptors (Lipinski definition) is 9. The van der Waals surface area contributed by atoms with Crippen LogP contribution in [0.3, 0.4) is 0 Å². The predicted octanol–water partition coefficient (Wildman–Crippen LogP) is -0.168.